The Morgan fingerprint density at radius 1 is 1.19 bits per heavy atom. The number of hydrogen-bond acceptors (Lipinski definition) is 4. The van der Waals surface area contributed by atoms with Crippen molar-refractivity contribution in [3.05, 3.63) is 36.2 Å². The Morgan fingerprint density at radius 3 is 2.52 bits per heavy atom. The van der Waals surface area contributed by atoms with Gasteiger partial charge in [0.1, 0.15) is 0 Å². The lowest BCUT2D eigenvalue weighted by Gasteiger charge is -2.12. The zero-order valence-corrected chi connectivity index (χ0v) is 12.0. The minimum Gasteiger partial charge on any atom is -0.424 e. The summed E-state index contributed by atoms with van der Waals surface area (Å²) in [6.45, 7) is 4.27. The van der Waals surface area contributed by atoms with Gasteiger partial charge in [0.05, 0.1) is 11.6 Å². The third-order valence-corrected chi connectivity index (χ3v) is 2.97. The fourth-order valence-corrected chi connectivity index (χ4v) is 2.17. The predicted octanol–water partition coefficient (Wildman–Crippen LogP) is 1.57. The number of Topliss-reactive ketones (excluding diaryl/α,β-unsaturated/α-hetero) is 1. The largest absolute Gasteiger partial charge is 0.424 e. The number of carbonyl (C=O) groups excluding carboxylic acids is 3. The normalized spacial score (nSPS) is 12.0. The fraction of sp³-hybridized carbons (Fsp3) is 0.267. The molecule has 0 aliphatic heterocycles. The van der Waals surface area contributed by atoms with Crippen LogP contribution in [0.4, 0.5) is 0 Å². The van der Waals surface area contributed by atoms with Crippen LogP contribution in [0.2, 0.25) is 0 Å². The van der Waals surface area contributed by atoms with E-state index in [1.54, 1.807) is 41.9 Å². The number of ketones is 1. The molecule has 0 aliphatic rings. The van der Waals surface area contributed by atoms with Crippen LogP contribution in [-0.4, -0.2) is 28.1 Å². The highest BCUT2D eigenvalue weighted by molar-refractivity contribution is 6.08. The van der Waals surface area contributed by atoms with Crippen LogP contribution in [-0.2, 0) is 9.59 Å². The van der Waals surface area contributed by atoms with Crippen LogP contribution in [0.25, 0.3) is 5.52 Å². The lowest BCUT2D eigenvalue weighted by Crippen LogP contribution is -2.37. The summed E-state index contributed by atoms with van der Waals surface area (Å²) in [7, 11) is 0. The molecule has 0 spiro atoms. The van der Waals surface area contributed by atoms with Gasteiger partial charge in [-0.3, -0.25) is 14.4 Å². The molecule has 0 aliphatic carbocycles. The van der Waals surface area contributed by atoms with Crippen molar-refractivity contribution in [3.8, 4) is 5.75 Å². The topological polar surface area (TPSA) is 76.9 Å². The first-order valence-corrected chi connectivity index (χ1v) is 6.49. The van der Waals surface area contributed by atoms with Gasteiger partial charge in [-0.2, -0.15) is 0 Å². The Labute approximate surface area is 121 Å². The van der Waals surface area contributed by atoms with Crippen molar-refractivity contribution < 1.29 is 19.1 Å². The Hall–Kier alpha value is -2.63. The molecule has 0 fully saturated rings. The van der Waals surface area contributed by atoms with Gasteiger partial charge < -0.3 is 14.5 Å². The summed E-state index contributed by atoms with van der Waals surface area (Å²) in [5.41, 5.74) is 0.906. The maximum atomic E-state index is 12.4. The number of nitrogens with one attached hydrogen (secondary N) is 1. The molecule has 0 bridgehead atoms. The van der Waals surface area contributed by atoms with Crippen LogP contribution in [0.1, 0.15) is 31.1 Å². The van der Waals surface area contributed by atoms with E-state index in [9.17, 15) is 14.4 Å². The molecule has 1 atom stereocenters. The van der Waals surface area contributed by atoms with Gasteiger partial charge in [0.25, 0.3) is 0 Å². The molecule has 1 unspecified atom stereocenters. The molecule has 6 heteroatoms. The second kappa shape index (κ2) is 5.78. The van der Waals surface area contributed by atoms with Crippen LogP contribution in [0, 0.1) is 0 Å². The van der Waals surface area contributed by atoms with E-state index in [1.807, 2.05) is 0 Å². The number of ether oxygens (including phenoxy) is 1. The van der Waals surface area contributed by atoms with Crippen LogP contribution < -0.4 is 10.1 Å². The first-order valence-electron chi connectivity index (χ1n) is 6.49. The minimum atomic E-state index is -0.654. The molecule has 2 aromatic heterocycles. The van der Waals surface area contributed by atoms with Crippen LogP contribution in [0.15, 0.2) is 30.6 Å². The molecule has 0 saturated carbocycles. The number of amides is 1. The van der Waals surface area contributed by atoms with Gasteiger partial charge in [-0.05, 0) is 25.1 Å². The van der Waals surface area contributed by atoms with Gasteiger partial charge in [0, 0.05) is 31.8 Å². The first kappa shape index (κ1) is 14.8. The number of nitrogens with zero attached hydrogens (tertiary/aromatic N) is 1. The molecule has 2 heterocycles. The molecular weight excluding hydrogens is 272 g/mol. The lowest BCUT2D eigenvalue weighted by atomic mass is 10.1. The molecular formula is C15H16N2O4. The molecule has 1 amide bonds. The molecule has 110 valence electrons. The first-order chi connectivity index (χ1) is 9.90. The average Bonchev–Trinajstić information content (AvgIpc) is 2.81. The van der Waals surface area contributed by atoms with Gasteiger partial charge in [-0.1, -0.05) is 0 Å². The van der Waals surface area contributed by atoms with Gasteiger partial charge in [0.2, 0.25) is 5.91 Å². The van der Waals surface area contributed by atoms with E-state index >= 15 is 0 Å². The van der Waals surface area contributed by atoms with E-state index in [0.29, 0.717) is 16.8 Å². The monoisotopic (exact) mass is 288 g/mol. The van der Waals surface area contributed by atoms with E-state index < -0.39 is 12.0 Å². The van der Waals surface area contributed by atoms with E-state index in [4.69, 9.17) is 4.74 Å². The summed E-state index contributed by atoms with van der Waals surface area (Å²) in [6.07, 6.45) is 3.46. The van der Waals surface area contributed by atoms with Crippen molar-refractivity contribution in [2.24, 2.45) is 0 Å². The Morgan fingerprint density at radius 2 is 1.90 bits per heavy atom. The summed E-state index contributed by atoms with van der Waals surface area (Å²) < 4.78 is 6.84. The fourth-order valence-electron chi connectivity index (χ4n) is 2.17. The van der Waals surface area contributed by atoms with E-state index in [-0.39, 0.29) is 11.7 Å². The number of fused-ring (bicyclic) bond motifs is 1. The van der Waals surface area contributed by atoms with Crippen LogP contribution in [0.5, 0.6) is 5.75 Å². The quantitative estimate of drug-likeness (QED) is 0.684. The number of esters is 1. The number of pyridine rings is 1. The molecule has 1 N–H and O–H groups in total. The number of hydrogen-bond donors (Lipinski definition) is 1. The Kier molecular flexibility index (Phi) is 4.07. The lowest BCUT2D eigenvalue weighted by molar-refractivity contribution is -0.131. The third kappa shape index (κ3) is 3.10. The van der Waals surface area contributed by atoms with Gasteiger partial charge in [-0.25, -0.2) is 0 Å². The summed E-state index contributed by atoms with van der Waals surface area (Å²) in [4.78, 5) is 34.7. The summed E-state index contributed by atoms with van der Waals surface area (Å²) >= 11 is 0. The molecule has 21 heavy (non-hydrogen) atoms. The molecule has 0 radical (unpaired) electrons. The highest BCUT2D eigenvalue weighted by Gasteiger charge is 2.21. The molecule has 0 aromatic carbocycles. The average molecular weight is 288 g/mol. The second-order valence-electron chi connectivity index (χ2n) is 4.74. The smallest absolute Gasteiger partial charge is 0.308 e. The van der Waals surface area contributed by atoms with E-state index in [0.717, 1.165) is 0 Å². The van der Waals surface area contributed by atoms with Crippen molar-refractivity contribution >= 4 is 23.2 Å². The molecule has 6 nitrogen and oxygen atoms in total. The second-order valence-corrected chi connectivity index (χ2v) is 4.74. The zero-order valence-electron chi connectivity index (χ0n) is 12.0. The van der Waals surface area contributed by atoms with Gasteiger partial charge in [-0.15, -0.1) is 0 Å². The number of rotatable bonds is 4. The minimum absolute atomic E-state index is 0.243. The van der Waals surface area contributed by atoms with Crippen molar-refractivity contribution in [2.45, 2.75) is 26.8 Å². The Bertz CT molecular complexity index is 718. The predicted molar refractivity (Wildman–Crippen MR) is 76.3 cm³/mol. The highest BCUT2D eigenvalue weighted by atomic mass is 16.5. The number of aromatic nitrogens is 1. The van der Waals surface area contributed by atoms with Crippen molar-refractivity contribution in [2.75, 3.05) is 0 Å². The summed E-state index contributed by atoms with van der Waals surface area (Å²) in [5.74, 6) is -0.669. The Balaban J connectivity index is 2.47. The summed E-state index contributed by atoms with van der Waals surface area (Å²) in [6, 6.07) is 4.33. The van der Waals surface area contributed by atoms with Crippen LogP contribution in [0.3, 0.4) is 0 Å². The molecule has 2 aromatic rings. The summed E-state index contributed by atoms with van der Waals surface area (Å²) in [5, 5.41) is 2.55. The van der Waals surface area contributed by atoms with Crippen LogP contribution >= 0.6 is 0 Å². The maximum Gasteiger partial charge on any atom is 0.308 e. The molecule has 2 rings (SSSR count). The number of carbonyl (C=O) groups is 3. The van der Waals surface area contributed by atoms with Gasteiger partial charge in [0.15, 0.2) is 11.5 Å². The highest BCUT2D eigenvalue weighted by Crippen LogP contribution is 2.25. The van der Waals surface area contributed by atoms with Crippen molar-refractivity contribution in [3.63, 3.8) is 0 Å². The standard InChI is InChI=1S/C15H16N2O4/c1-9(16-10(2)18)15(20)12-6-8-17-7-4-5-13(14(12)17)21-11(3)19/h4-9H,1-3H3,(H,16,18). The third-order valence-electron chi connectivity index (χ3n) is 2.97. The van der Waals surface area contributed by atoms with Crippen molar-refractivity contribution in [1.29, 1.82) is 0 Å². The molecule has 0 saturated heterocycles. The SMILES string of the molecule is CC(=O)NC(C)C(=O)c1ccn2cccc(OC(C)=O)c12. The van der Waals surface area contributed by atoms with Gasteiger partial charge >= 0.3 is 5.97 Å². The maximum absolute atomic E-state index is 12.4. The van der Waals surface area contributed by atoms with E-state index in [2.05, 4.69) is 5.32 Å². The zero-order chi connectivity index (χ0) is 15.6. The van der Waals surface area contributed by atoms with Crippen molar-refractivity contribution in [1.82, 2.24) is 9.72 Å². The van der Waals surface area contributed by atoms with E-state index in [1.165, 1.54) is 13.8 Å².